The van der Waals surface area contributed by atoms with Gasteiger partial charge in [-0.2, -0.15) is 5.06 Å². The van der Waals surface area contributed by atoms with Crippen LogP contribution in [0.5, 0.6) is 5.75 Å². The lowest BCUT2D eigenvalue weighted by Gasteiger charge is -2.23. The van der Waals surface area contributed by atoms with Crippen LogP contribution < -0.4 is 0 Å². The first-order chi connectivity index (χ1) is 9.02. The molecule has 1 N–H and O–H groups in total. The van der Waals surface area contributed by atoms with Crippen molar-refractivity contribution in [2.24, 2.45) is 5.92 Å². The summed E-state index contributed by atoms with van der Waals surface area (Å²) in [5.74, 6) is -1.11. The number of imide groups is 1. The fourth-order valence-electron chi connectivity index (χ4n) is 2.82. The van der Waals surface area contributed by atoms with Gasteiger partial charge in [-0.1, -0.05) is 18.2 Å². The molecule has 0 radical (unpaired) electrons. The summed E-state index contributed by atoms with van der Waals surface area (Å²) in [5, 5.41) is 11.4. The van der Waals surface area contributed by atoms with Crippen molar-refractivity contribution in [2.45, 2.75) is 12.1 Å². The first kappa shape index (κ1) is 12.1. The van der Waals surface area contributed by atoms with Crippen LogP contribution in [0.2, 0.25) is 0 Å². The molecule has 6 nitrogen and oxygen atoms in total. The molecule has 2 fully saturated rings. The Morgan fingerprint density at radius 1 is 1.16 bits per heavy atom. The number of likely N-dealkylation sites (N-methyl/N-ethyl adjacent to an activating group) is 1. The number of hydrogen-bond acceptors (Lipinski definition) is 5. The van der Waals surface area contributed by atoms with Crippen LogP contribution in [-0.4, -0.2) is 47.1 Å². The van der Waals surface area contributed by atoms with E-state index in [-0.39, 0.29) is 17.6 Å². The van der Waals surface area contributed by atoms with Gasteiger partial charge < -0.3 is 5.11 Å². The molecule has 100 valence electrons. The highest BCUT2D eigenvalue weighted by Gasteiger charge is 2.58. The smallest absolute Gasteiger partial charge is 0.261 e. The van der Waals surface area contributed by atoms with Gasteiger partial charge in [-0.25, -0.2) is 0 Å². The van der Waals surface area contributed by atoms with Gasteiger partial charge in [0.25, 0.3) is 5.91 Å². The highest BCUT2D eigenvalue weighted by molar-refractivity contribution is 6.07. The van der Waals surface area contributed by atoms with E-state index in [9.17, 15) is 14.7 Å². The van der Waals surface area contributed by atoms with Crippen molar-refractivity contribution in [2.75, 3.05) is 14.1 Å². The summed E-state index contributed by atoms with van der Waals surface area (Å²) in [6.07, 6.45) is -0.785. The van der Waals surface area contributed by atoms with Crippen LogP contribution in [0.25, 0.3) is 0 Å². The van der Waals surface area contributed by atoms with E-state index >= 15 is 0 Å². The van der Waals surface area contributed by atoms with Crippen molar-refractivity contribution in [3.63, 3.8) is 0 Å². The number of nitrogens with zero attached hydrogens (tertiary/aromatic N) is 2. The number of benzene rings is 1. The number of rotatable bonds is 1. The van der Waals surface area contributed by atoms with E-state index in [4.69, 9.17) is 4.84 Å². The summed E-state index contributed by atoms with van der Waals surface area (Å²) < 4.78 is 0. The number of phenols is 1. The van der Waals surface area contributed by atoms with E-state index in [1.165, 1.54) is 12.1 Å². The summed E-state index contributed by atoms with van der Waals surface area (Å²) >= 11 is 0. The molecule has 1 aromatic rings. The van der Waals surface area contributed by atoms with Crippen LogP contribution in [0.3, 0.4) is 0 Å². The summed E-state index contributed by atoms with van der Waals surface area (Å²) in [5.41, 5.74) is 0.592. The molecule has 3 unspecified atom stereocenters. The van der Waals surface area contributed by atoms with Gasteiger partial charge in [0.2, 0.25) is 5.91 Å². The van der Waals surface area contributed by atoms with Crippen LogP contribution in [0.15, 0.2) is 24.3 Å². The molecule has 0 aromatic heterocycles. The van der Waals surface area contributed by atoms with Gasteiger partial charge in [0.15, 0.2) is 6.10 Å². The van der Waals surface area contributed by atoms with Crippen molar-refractivity contribution in [3.8, 4) is 5.75 Å². The first-order valence-electron chi connectivity index (χ1n) is 6.01. The molecule has 3 atom stereocenters. The molecule has 0 saturated carbocycles. The molecule has 0 bridgehead atoms. The van der Waals surface area contributed by atoms with Crippen molar-refractivity contribution < 1.29 is 19.5 Å². The van der Waals surface area contributed by atoms with E-state index in [1.54, 1.807) is 31.3 Å². The number of phenolic OH excluding ortho intramolecular Hbond substituents is 1. The van der Waals surface area contributed by atoms with Crippen LogP contribution in [0.1, 0.15) is 11.6 Å². The number of carbonyl (C=O) groups excluding carboxylic acids is 2. The quantitative estimate of drug-likeness (QED) is 0.737. The molecule has 2 aliphatic rings. The maximum atomic E-state index is 12.2. The van der Waals surface area contributed by atoms with E-state index < -0.39 is 18.1 Å². The Morgan fingerprint density at radius 3 is 2.53 bits per heavy atom. The maximum Gasteiger partial charge on any atom is 0.261 e. The van der Waals surface area contributed by atoms with Crippen molar-refractivity contribution in [1.82, 2.24) is 9.96 Å². The van der Waals surface area contributed by atoms with Gasteiger partial charge in [0, 0.05) is 19.7 Å². The summed E-state index contributed by atoms with van der Waals surface area (Å²) in [4.78, 5) is 30.6. The molecule has 19 heavy (non-hydrogen) atoms. The monoisotopic (exact) mass is 262 g/mol. The first-order valence-corrected chi connectivity index (χ1v) is 6.01. The summed E-state index contributed by atoms with van der Waals surface area (Å²) in [7, 11) is 3.12. The zero-order valence-corrected chi connectivity index (χ0v) is 10.6. The lowest BCUT2D eigenvalue weighted by molar-refractivity contribution is -0.168. The molecular formula is C13H14N2O4. The molecule has 3 rings (SSSR count). The van der Waals surface area contributed by atoms with Gasteiger partial charge in [-0.15, -0.1) is 0 Å². The fraction of sp³-hybridized carbons (Fsp3) is 0.385. The number of fused-ring (bicyclic) bond motifs is 1. The number of hydrogen-bond donors (Lipinski definition) is 1. The Bertz CT molecular complexity index is 559. The third-order valence-electron chi connectivity index (χ3n) is 3.78. The number of carbonyl (C=O) groups is 2. The molecule has 2 heterocycles. The Morgan fingerprint density at radius 2 is 1.84 bits per heavy atom. The van der Waals surface area contributed by atoms with Crippen LogP contribution in [0, 0.1) is 5.92 Å². The molecule has 0 spiro atoms. The fourth-order valence-corrected chi connectivity index (χ4v) is 2.82. The number of likely N-dealkylation sites (tertiary alicyclic amines) is 1. The van der Waals surface area contributed by atoms with Crippen molar-refractivity contribution in [3.05, 3.63) is 29.8 Å². The summed E-state index contributed by atoms with van der Waals surface area (Å²) in [6.45, 7) is 0. The van der Waals surface area contributed by atoms with Crippen LogP contribution in [0.4, 0.5) is 0 Å². The molecule has 2 aliphatic heterocycles. The molecule has 2 amide bonds. The predicted octanol–water partition coefficient (Wildman–Crippen LogP) is 0.294. The largest absolute Gasteiger partial charge is 0.508 e. The maximum absolute atomic E-state index is 12.2. The summed E-state index contributed by atoms with van der Waals surface area (Å²) in [6, 6.07) is 6.33. The van der Waals surface area contributed by atoms with Gasteiger partial charge in [-0.05, 0) is 6.07 Å². The Labute approximate surface area is 110 Å². The van der Waals surface area contributed by atoms with Crippen molar-refractivity contribution in [1.29, 1.82) is 0 Å². The van der Waals surface area contributed by atoms with Gasteiger partial charge in [0.05, 0.1) is 12.0 Å². The minimum absolute atomic E-state index is 0.0957. The second-order valence-electron chi connectivity index (χ2n) is 4.84. The molecule has 0 aliphatic carbocycles. The number of hydroxylamine groups is 2. The Kier molecular flexibility index (Phi) is 2.58. The minimum Gasteiger partial charge on any atom is -0.508 e. The highest BCUT2D eigenvalue weighted by Crippen LogP contribution is 2.45. The van der Waals surface area contributed by atoms with Crippen LogP contribution >= 0.6 is 0 Å². The van der Waals surface area contributed by atoms with Crippen LogP contribution in [-0.2, 0) is 14.4 Å². The standard InChI is InChI=1S/C13H14N2O4/c1-14-12(17)9-10(7-5-3-4-6-8(7)16)15(2)19-11(9)13(14)18/h3-6,9-11,16H,1-2H3. The van der Waals surface area contributed by atoms with Gasteiger partial charge in [0.1, 0.15) is 5.75 Å². The SMILES string of the molecule is CN1C(=O)C2ON(C)C(c3ccccc3O)C2C1=O. The average molecular weight is 262 g/mol. The van der Waals surface area contributed by atoms with E-state index in [0.29, 0.717) is 5.56 Å². The van der Waals surface area contributed by atoms with E-state index in [0.717, 1.165) is 4.90 Å². The lowest BCUT2D eigenvalue weighted by atomic mass is 9.90. The minimum atomic E-state index is -0.785. The van der Waals surface area contributed by atoms with Crippen molar-refractivity contribution >= 4 is 11.8 Å². The van der Waals surface area contributed by atoms with Gasteiger partial charge in [-0.3, -0.25) is 19.3 Å². The normalized spacial score (nSPS) is 31.1. The highest BCUT2D eigenvalue weighted by atomic mass is 16.7. The second kappa shape index (κ2) is 4.04. The molecular weight excluding hydrogens is 248 g/mol. The second-order valence-corrected chi connectivity index (χ2v) is 4.84. The molecule has 2 saturated heterocycles. The average Bonchev–Trinajstić information content (AvgIpc) is 2.82. The zero-order valence-electron chi connectivity index (χ0n) is 10.6. The molecule has 1 aromatic carbocycles. The lowest BCUT2D eigenvalue weighted by Crippen LogP contribution is -2.33. The number of para-hydroxylation sites is 1. The number of aromatic hydroxyl groups is 1. The van der Waals surface area contributed by atoms with E-state index in [2.05, 4.69) is 0 Å². The Hall–Kier alpha value is -1.92. The predicted molar refractivity (Wildman–Crippen MR) is 64.8 cm³/mol. The zero-order chi connectivity index (χ0) is 13.7. The number of amides is 2. The third-order valence-corrected chi connectivity index (χ3v) is 3.78. The van der Waals surface area contributed by atoms with Gasteiger partial charge >= 0.3 is 0 Å². The topological polar surface area (TPSA) is 70.1 Å². The molecule has 6 heteroatoms. The third kappa shape index (κ3) is 1.57. The van der Waals surface area contributed by atoms with E-state index in [1.807, 2.05) is 0 Å². The Balaban J connectivity index is 2.05.